The summed E-state index contributed by atoms with van der Waals surface area (Å²) in [5, 5.41) is 4.09. The number of benzene rings is 4. The highest BCUT2D eigenvalue weighted by Gasteiger charge is 2.14. The molecule has 0 aliphatic heterocycles. The normalized spacial score (nSPS) is 10.8. The number of carbonyl (C=O) groups excluding carboxylic acids is 1. The fraction of sp³-hybridized carbons (Fsp3) is 0.161. The van der Waals surface area contributed by atoms with E-state index in [2.05, 4.69) is 26.5 Å². The third-order valence-electron chi connectivity index (χ3n) is 5.65. The van der Waals surface area contributed by atoms with Crippen LogP contribution in [0.15, 0.2) is 94.5 Å². The first kappa shape index (κ1) is 28.6. The predicted octanol–water partition coefficient (Wildman–Crippen LogP) is 6.92. The van der Waals surface area contributed by atoms with E-state index in [9.17, 15) is 9.18 Å². The topological polar surface area (TPSA) is 78.4 Å². The number of nitrogens with one attached hydrogen (secondary N) is 1. The number of rotatable bonds is 12. The molecule has 0 aliphatic carbocycles. The van der Waals surface area contributed by atoms with Crippen molar-refractivity contribution in [3.05, 3.63) is 117 Å². The molecule has 0 heterocycles. The van der Waals surface area contributed by atoms with E-state index in [-0.39, 0.29) is 12.4 Å². The van der Waals surface area contributed by atoms with Gasteiger partial charge in [0.15, 0.2) is 23.0 Å². The molecule has 4 aromatic rings. The van der Waals surface area contributed by atoms with Gasteiger partial charge in [-0.25, -0.2) is 9.82 Å². The van der Waals surface area contributed by atoms with Crippen LogP contribution in [0.1, 0.15) is 34.0 Å². The third kappa shape index (κ3) is 7.83. The molecule has 0 radical (unpaired) electrons. The Morgan fingerprint density at radius 1 is 0.875 bits per heavy atom. The van der Waals surface area contributed by atoms with Gasteiger partial charge in [-0.2, -0.15) is 5.10 Å². The molecule has 0 fully saturated rings. The molecule has 0 atom stereocenters. The standard InChI is InChI=1S/C31H28BrFN2O5/c1-3-38-28-17-24(12-13-27(28)39-19-21-8-5-4-6-9-21)31(36)35-34-18-23-15-26(32)30(29(16-23)37-2)40-20-22-10-7-11-25(33)14-22/h4-18H,3,19-20H2,1-2H3,(H,35,36)/b34-18+. The van der Waals surface area contributed by atoms with Crippen molar-refractivity contribution in [2.24, 2.45) is 5.10 Å². The van der Waals surface area contributed by atoms with Crippen LogP contribution < -0.4 is 24.4 Å². The van der Waals surface area contributed by atoms with Gasteiger partial charge < -0.3 is 18.9 Å². The van der Waals surface area contributed by atoms with Crippen LogP contribution in [0.25, 0.3) is 0 Å². The number of hydrazone groups is 1. The van der Waals surface area contributed by atoms with E-state index in [0.717, 1.165) is 5.56 Å². The van der Waals surface area contributed by atoms with Crippen LogP contribution in [0.5, 0.6) is 23.0 Å². The first-order chi connectivity index (χ1) is 19.5. The maximum absolute atomic E-state index is 13.5. The van der Waals surface area contributed by atoms with Crippen LogP contribution in [0, 0.1) is 5.82 Å². The summed E-state index contributed by atoms with van der Waals surface area (Å²) in [5.41, 5.74) is 5.26. The molecule has 0 aliphatic rings. The zero-order valence-corrected chi connectivity index (χ0v) is 23.6. The Bertz CT molecular complexity index is 1480. The summed E-state index contributed by atoms with van der Waals surface area (Å²) < 4.78 is 37.0. The van der Waals surface area contributed by atoms with Crippen molar-refractivity contribution in [1.82, 2.24) is 5.43 Å². The molecule has 1 N–H and O–H groups in total. The number of hydrogen-bond acceptors (Lipinski definition) is 6. The molecule has 4 rings (SSSR count). The molecule has 4 aromatic carbocycles. The van der Waals surface area contributed by atoms with Crippen LogP contribution in [0.3, 0.4) is 0 Å². The average molecular weight is 607 g/mol. The average Bonchev–Trinajstić information content (AvgIpc) is 2.96. The Morgan fingerprint density at radius 2 is 1.65 bits per heavy atom. The van der Waals surface area contributed by atoms with E-state index < -0.39 is 5.91 Å². The molecular weight excluding hydrogens is 579 g/mol. The van der Waals surface area contributed by atoms with Gasteiger partial charge in [0, 0.05) is 5.56 Å². The lowest BCUT2D eigenvalue weighted by molar-refractivity contribution is 0.0954. The number of halogens is 2. The molecule has 0 saturated carbocycles. The van der Waals surface area contributed by atoms with Crippen LogP contribution >= 0.6 is 15.9 Å². The quantitative estimate of drug-likeness (QED) is 0.140. The highest BCUT2D eigenvalue weighted by molar-refractivity contribution is 9.10. The molecule has 0 spiro atoms. The molecule has 40 heavy (non-hydrogen) atoms. The SMILES string of the molecule is CCOc1cc(C(=O)N/N=C/c2cc(Br)c(OCc3cccc(F)c3)c(OC)c2)ccc1OCc1ccccc1. The van der Waals surface area contributed by atoms with Crippen LogP contribution in [-0.4, -0.2) is 25.8 Å². The lowest BCUT2D eigenvalue weighted by atomic mass is 10.2. The molecule has 0 saturated heterocycles. The van der Waals surface area contributed by atoms with Gasteiger partial charge in [-0.05, 0) is 82.0 Å². The van der Waals surface area contributed by atoms with E-state index >= 15 is 0 Å². The summed E-state index contributed by atoms with van der Waals surface area (Å²) >= 11 is 3.49. The van der Waals surface area contributed by atoms with Crippen molar-refractivity contribution in [3.63, 3.8) is 0 Å². The van der Waals surface area contributed by atoms with Crippen molar-refractivity contribution in [2.75, 3.05) is 13.7 Å². The van der Waals surface area contributed by atoms with Gasteiger partial charge in [0.05, 0.1) is 24.4 Å². The number of hydrogen-bond donors (Lipinski definition) is 1. The van der Waals surface area contributed by atoms with E-state index in [1.165, 1.54) is 25.5 Å². The van der Waals surface area contributed by atoms with Gasteiger partial charge in [0.2, 0.25) is 0 Å². The van der Waals surface area contributed by atoms with E-state index in [1.54, 1.807) is 42.5 Å². The molecule has 0 unspecified atom stereocenters. The Kier molecular flexibility index (Phi) is 10.1. The largest absolute Gasteiger partial charge is 0.493 e. The minimum atomic E-state index is -0.409. The highest BCUT2D eigenvalue weighted by Crippen LogP contribution is 2.37. The smallest absolute Gasteiger partial charge is 0.271 e. The first-order valence-corrected chi connectivity index (χ1v) is 13.3. The number of methoxy groups -OCH3 is 1. The molecule has 9 heteroatoms. The number of amides is 1. The van der Waals surface area contributed by atoms with Gasteiger partial charge in [-0.1, -0.05) is 42.5 Å². The summed E-state index contributed by atoms with van der Waals surface area (Å²) in [6, 6.07) is 24.4. The lowest BCUT2D eigenvalue weighted by Gasteiger charge is -2.14. The number of ether oxygens (including phenoxy) is 4. The summed E-state index contributed by atoms with van der Waals surface area (Å²) in [6.45, 7) is 2.83. The van der Waals surface area contributed by atoms with Crippen molar-refractivity contribution in [3.8, 4) is 23.0 Å². The minimum Gasteiger partial charge on any atom is -0.493 e. The molecule has 1 amide bonds. The molecule has 0 bridgehead atoms. The van der Waals surface area contributed by atoms with E-state index in [4.69, 9.17) is 18.9 Å². The second-order valence-corrected chi connectivity index (χ2v) is 9.37. The minimum absolute atomic E-state index is 0.163. The summed E-state index contributed by atoms with van der Waals surface area (Å²) in [7, 11) is 1.52. The van der Waals surface area contributed by atoms with E-state index in [0.29, 0.717) is 57.4 Å². The van der Waals surface area contributed by atoms with Gasteiger partial charge in [-0.3, -0.25) is 4.79 Å². The van der Waals surface area contributed by atoms with Gasteiger partial charge in [0.25, 0.3) is 5.91 Å². The van der Waals surface area contributed by atoms with Gasteiger partial charge >= 0.3 is 0 Å². The highest BCUT2D eigenvalue weighted by atomic mass is 79.9. The van der Waals surface area contributed by atoms with Gasteiger partial charge in [-0.15, -0.1) is 0 Å². The predicted molar refractivity (Wildman–Crippen MR) is 155 cm³/mol. The monoisotopic (exact) mass is 606 g/mol. The third-order valence-corrected chi connectivity index (χ3v) is 6.24. The Morgan fingerprint density at radius 3 is 2.40 bits per heavy atom. The van der Waals surface area contributed by atoms with Crippen LogP contribution in [-0.2, 0) is 13.2 Å². The zero-order chi connectivity index (χ0) is 28.3. The number of nitrogens with zero attached hydrogens (tertiary/aromatic N) is 1. The first-order valence-electron chi connectivity index (χ1n) is 12.5. The van der Waals surface area contributed by atoms with Crippen LogP contribution in [0.4, 0.5) is 4.39 Å². The maximum atomic E-state index is 13.5. The molecule has 206 valence electrons. The zero-order valence-electron chi connectivity index (χ0n) is 22.0. The summed E-state index contributed by atoms with van der Waals surface area (Å²) in [6.07, 6.45) is 1.49. The Labute approximate surface area is 240 Å². The fourth-order valence-electron chi connectivity index (χ4n) is 3.74. The summed E-state index contributed by atoms with van der Waals surface area (Å²) in [5.74, 6) is 1.19. The molecule has 0 aromatic heterocycles. The second-order valence-electron chi connectivity index (χ2n) is 8.52. The van der Waals surface area contributed by atoms with Crippen molar-refractivity contribution in [1.29, 1.82) is 0 Å². The van der Waals surface area contributed by atoms with Crippen molar-refractivity contribution >= 4 is 28.1 Å². The maximum Gasteiger partial charge on any atom is 0.271 e. The Balaban J connectivity index is 1.40. The Hall–Kier alpha value is -4.37. The van der Waals surface area contributed by atoms with Crippen molar-refractivity contribution < 1.29 is 28.1 Å². The summed E-state index contributed by atoms with van der Waals surface area (Å²) in [4.78, 5) is 12.8. The lowest BCUT2D eigenvalue weighted by Crippen LogP contribution is -2.17. The van der Waals surface area contributed by atoms with E-state index in [1.807, 2.05) is 37.3 Å². The van der Waals surface area contributed by atoms with Gasteiger partial charge in [0.1, 0.15) is 19.0 Å². The fourth-order valence-corrected chi connectivity index (χ4v) is 4.31. The molecule has 7 nitrogen and oxygen atoms in total. The van der Waals surface area contributed by atoms with Crippen LogP contribution in [0.2, 0.25) is 0 Å². The number of carbonyl (C=O) groups is 1. The second kappa shape index (κ2) is 14.1. The van der Waals surface area contributed by atoms with Crippen molar-refractivity contribution in [2.45, 2.75) is 20.1 Å². The molecular formula is C31H28BrFN2O5.